The van der Waals surface area contributed by atoms with Gasteiger partial charge in [0.2, 0.25) is 5.95 Å². The molecule has 0 aromatic carbocycles. The van der Waals surface area contributed by atoms with E-state index in [1.807, 2.05) is 0 Å². The van der Waals surface area contributed by atoms with E-state index in [-0.39, 0.29) is 6.61 Å². The lowest BCUT2D eigenvalue weighted by Crippen LogP contribution is -1.87. The summed E-state index contributed by atoms with van der Waals surface area (Å²) in [4.78, 5) is 3.49. The van der Waals surface area contributed by atoms with E-state index in [1.165, 1.54) is 18.3 Å². The van der Waals surface area contributed by atoms with E-state index in [4.69, 9.17) is 5.11 Å². The Balaban J connectivity index is 2.97. The van der Waals surface area contributed by atoms with Crippen LogP contribution in [-0.4, -0.2) is 16.7 Å². The standard InChI is InChI=1S/C8H7BrFNO/c9-7-4-6(2-1-3-12)8(10)11-5-7/h1-2,4-5,12H,3H2. The van der Waals surface area contributed by atoms with Crippen molar-refractivity contribution in [1.82, 2.24) is 4.98 Å². The third-order valence-corrected chi connectivity index (χ3v) is 1.67. The second-order valence-corrected chi connectivity index (χ2v) is 3.03. The largest absolute Gasteiger partial charge is 0.392 e. The third-order valence-electron chi connectivity index (χ3n) is 1.24. The Morgan fingerprint density at radius 2 is 2.42 bits per heavy atom. The maximum Gasteiger partial charge on any atom is 0.220 e. The maximum absolute atomic E-state index is 12.8. The summed E-state index contributed by atoms with van der Waals surface area (Å²) >= 11 is 3.16. The third kappa shape index (κ3) is 2.39. The van der Waals surface area contributed by atoms with E-state index >= 15 is 0 Å². The number of nitrogens with zero attached hydrogens (tertiary/aromatic N) is 1. The molecular formula is C8H7BrFNO. The molecule has 1 aromatic heterocycles. The molecule has 0 amide bonds. The highest BCUT2D eigenvalue weighted by Gasteiger charge is 1.99. The number of hydrogen-bond donors (Lipinski definition) is 1. The Bertz CT molecular complexity index is 301. The Kier molecular flexibility index (Phi) is 3.37. The fourth-order valence-corrected chi connectivity index (χ4v) is 1.08. The first-order valence-electron chi connectivity index (χ1n) is 3.32. The van der Waals surface area contributed by atoms with Crippen molar-refractivity contribution in [2.75, 3.05) is 6.61 Å². The quantitative estimate of drug-likeness (QED) is 0.791. The molecule has 1 aromatic rings. The van der Waals surface area contributed by atoms with Gasteiger partial charge in [0.15, 0.2) is 0 Å². The van der Waals surface area contributed by atoms with E-state index in [2.05, 4.69) is 20.9 Å². The summed E-state index contributed by atoms with van der Waals surface area (Å²) in [5.74, 6) is -0.539. The predicted molar refractivity (Wildman–Crippen MR) is 48.0 cm³/mol. The van der Waals surface area contributed by atoms with Crippen LogP contribution in [0, 0.1) is 5.95 Å². The minimum atomic E-state index is -0.539. The average Bonchev–Trinajstić information content (AvgIpc) is 2.07. The van der Waals surface area contributed by atoms with Gasteiger partial charge in [0.05, 0.1) is 6.61 Å². The van der Waals surface area contributed by atoms with Crippen molar-refractivity contribution in [2.24, 2.45) is 0 Å². The number of hydrogen-bond acceptors (Lipinski definition) is 2. The molecule has 64 valence electrons. The summed E-state index contributed by atoms with van der Waals surface area (Å²) in [6.07, 6.45) is 4.31. The number of pyridine rings is 1. The summed E-state index contributed by atoms with van der Waals surface area (Å²) in [5.41, 5.74) is 0.360. The minimum absolute atomic E-state index is 0.105. The number of halogens is 2. The van der Waals surface area contributed by atoms with Crippen molar-refractivity contribution in [3.63, 3.8) is 0 Å². The first-order valence-corrected chi connectivity index (χ1v) is 4.12. The summed E-state index contributed by atoms with van der Waals surface area (Å²) in [6, 6.07) is 1.59. The highest BCUT2D eigenvalue weighted by atomic mass is 79.9. The summed E-state index contributed by atoms with van der Waals surface area (Å²) in [5, 5.41) is 8.45. The second kappa shape index (κ2) is 4.33. The average molecular weight is 232 g/mol. The molecule has 0 unspecified atom stereocenters. The Morgan fingerprint density at radius 3 is 3.08 bits per heavy atom. The zero-order valence-electron chi connectivity index (χ0n) is 6.17. The Hall–Kier alpha value is -0.740. The van der Waals surface area contributed by atoms with Crippen LogP contribution in [-0.2, 0) is 0 Å². The number of aliphatic hydroxyl groups excluding tert-OH is 1. The molecule has 0 fully saturated rings. The normalized spacial score (nSPS) is 10.9. The van der Waals surface area contributed by atoms with Gasteiger partial charge in [-0.15, -0.1) is 0 Å². The van der Waals surface area contributed by atoms with Crippen molar-refractivity contribution in [3.05, 3.63) is 34.3 Å². The molecular weight excluding hydrogens is 225 g/mol. The lowest BCUT2D eigenvalue weighted by atomic mass is 10.2. The molecule has 0 atom stereocenters. The van der Waals surface area contributed by atoms with Gasteiger partial charge in [-0.05, 0) is 22.0 Å². The van der Waals surface area contributed by atoms with Crippen LogP contribution < -0.4 is 0 Å². The number of aliphatic hydroxyl groups is 1. The van der Waals surface area contributed by atoms with Crippen molar-refractivity contribution in [3.8, 4) is 0 Å². The molecule has 0 radical (unpaired) electrons. The van der Waals surface area contributed by atoms with Gasteiger partial charge >= 0.3 is 0 Å². The van der Waals surface area contributed by atoms with Crippen molar-refractivity contribution < 1.29 is 9.50 Å². The maximum atomic E-state index is 12.8. The van der Waals surface area contributed by atoms with E-state index in [0.717, 1.165) is 0 Å². The van der Waals surface area contributed by atoms with Gasteiger partial charge in [-0.25, -0.2) is 4.98 Å². The van der Waals surface area contributed by atoms with Gasteiger partial charge in [-0.3, -0.25) is 0 Å². The SMILES string of the molecule is OCC=Cc1cc(Br)cnc1F. The first kappa shape index (κ1) is 9.35. The zero-order valence-corrected chi connectivity index (χ0v) is 7.75. The van der Waals surface area contributed by atoms with Crippen LogP contribution in [0.3, 0.4) is 0 Å². The lowest BCUT2D eigenvalue weighted by molar-refractivity contribution is 0.343. The second-order valence-electron chi connectivity index (χ2n) is 2.12. The molecule has 1 rings (SSSR count). The zero-order chi connectivity index (χ0) is 8.97. The molecule has 0 aliphatic rings. The molecule has 4 heteroatoms. The summed E-state index contributed by atoms with van der Waals surface area (Å²) < 4.78 is 13.5. The van der Waals surface area contributed by atoms with E-state index < -0.39 is 5.95 Å². The van der Waals surface area contributed by atoms with Crippen molar-refractivity contribution >= 4 is 22.0 Å². The monoisotopic (exact) mass is 231 g/mol. The minimum Gasteiger partial charge on any atom is -0.392 e. The summed E-state index contributed by atoms with van der Waals surface area (Å²) in [7, 11) is 0. The molecule has 1 heterocycles. The van der Waals surface area contributed by atoms with E-state index in [0.29, 0.717) is 10.0 Å². The lowest BCUT2D eigenvalue weighted by Gasteiger charge is -1.95. The first-order chi connectivity index (χ1) is 5.74. The molecule has 0 aliphatic heterocycles. The van der Waals surface area contributed by atoms with Gasteiger partial charge in [-0.2, -0.15) is 4.39 Å². The predicted octanol–water partition coefficient (Wildman–Crippen LogP) is 1.99. The molecule has 2 nitrogen and oxygen atoms in total. The van der Waals surface area contributed by atoms with Crippen LogP contribution in [0.25, 0.3) is 6.08 Å². The highest BCUT2D eigenvalue weighted by molar-refractivity contribution is 9.10. The Morgan fingerprint density at radius 1 is 1.67 bits per heavy atom. The molecule has 0 spiro atoms. The number of aromatic nitrogens is 1. The molecule has 0 bridgehead atoms. The number of rotatable bonds is 2. The van der Waals surface area contributed by atoms with Crippen molar-refractivity contribution in [2.45, 2.75) is 0 Å². The van der Waals surface area contributed by atoms with Gasteiger partial charge in [-0.1, -0.05) is 12.2 Å². The van der Waals surface area contributed by atoms with Crippen LogP contribution in [0.5, 0.6) is 0 Å². The van der Waals surface area contributed by atoms with Crippen LogP contribution in [0.2, 0.25) is 0 Å². The van der Waals surface area contributed by atoms with Gasteiger partial charge in [0.25, 0.3) is 0 Å². The molecule has 0 saturated heterocycles. The highest BCUT2D eigenvalue weighted by Crippen LogP contribution is 2.13. The topological polar surface area (TPSA) is 33.1 Å². The van der Waals surface area contributed by atoms with E-state index in [9.17, 15) is 4.39 Å². The van der Waals surface area contributed by atoms with Crippen LogP contribution >= 0.6 is 15.9 Å². The van der Waals surface area contributed by atoms with Crippen LogP contribution in [0.4, 0.5) is 4.39 Å². The van der Waals surface area contributed by atoms with Gasteiger partial charge < -0.3 is 5.11 Å². The molecule has 0 saturated carbocycles. The van der Waals surface area contributed by atoms with Crippen LogP contribution in [0.1, 0.15) is 5.56 Å². The molecule has 0 aliphatic carbocycles. The van der Waals surface area contributed by atoms with Gasteiger partial charge in [0, 0.05) is 16.2 Å². The fourth-order valence-electron chi connectivity index (χ4n) is 0.735. The molecule has 1 N–H and O–H groups in total. The molecule has 12 heavy (non-hydrogen) atoms. The smallest absolute Gasteiger partial charge is 0.220 e. The van der Waals surface area contributed by atoms with Crippen molar-refractivity contribution in [1.29, 1.82) is 0 Å². The van der Waals surface area contributed by atoms with Gasteiger partial charge in [0.1, 0.15) is 0 Å². The summed E-state index contributed by atoms with van der Waals surface area (Å²) in [6.45, 7) is -0.105. The Labute approximate surface area is 77.9 Å². The van der Waals surface area contributed by atoms with Crippen LogP contribution in [0.15, 0.2) is 22.8 Å². The fraction of sp³-hybridized carbons (Fsp3) is 0.125. The van der Waals surface area contributed by atoms with E-state index in [1.54, 1.807) is 6.07 Å².